The quantitative estimate of drug-likeness (QED) is 0.0672. The molecule has 1 aliphatic heterocycles. The highest BCUT2D eigenvalue weighted by Crippen LogP contribution is 2.36. The summed E-state index contributed by atoms with van der Waals surface area (Å²) in [6, 6.07) is 18.8. The summed E-state index contributed by atoms with van der Waals surface area (Å²) < 4.78 is 52.8. The molecule has 6 rings (SSSR count). The summed E-state index contributed by atoms with van der Waals surface area (Å²) in [5.41, 5.74) is 1.20. The van der Waals surface area contributed by atoms with Crippen molar-refractivity contribution in [2.75, 3.05) is 40.8 Å². The highest BCUT2D eigenvalue weighted by molar-refractivity contribution is 7.89. The van der Waals surface area contributed by atoms with Crippen LogP contribution in [0.3, 0.4) is 0 Å². The number of aliphatic hydroxyl groups is 1. The average Bonchev–Trinajstić information content (AvgIpc) is 3.63. The van der Waals surface area contributed by atoms with Gasteiger partial charge in [0.1, 0.15) is 29.2 Å². The van der Waals surface area contributed by atoms with Crippen molar-refractivity contribution in [3.63, 3.8) is 0 Å². The van der Waals surface area contributed by atoms with Crippen LogP contribution in [0.1, 0.15) is 36.7 Å². The Balaban J connectivity index is 1.15. The van der Waals surface area contributed by atoms with Crippen LogP contribution in [0.25, 0.3) is 11.3 Å². The Hall–Kier alpha value is -5.47. The first-order valence-corrected chi connectivity index (χ1v) is 22.8. The molecule has 4 aromatic carbocycles. The van der Waals surface area contributed by atoms with E-state index in [4.69, 9.17) is 27.9 Å². The highest BCUT2D eigenvalue weighted by Gasteiger charge is 2.46. The molecule has 16 nitrogen and oxygen atoms in total. The summed E-state index contributed by atoms with van der Waals surface area (Å²) in [7, 11) is 3.19. The second kappa shape index (κ2) is 20.8. The fourth-order valence-corrected chi connectivity index (χ4v) is 9.67. The molecule has 3 atom stereocenters. The molecule has 3 unspecified atom stereocenters. The van der Waals surface area contributed by atoms with Gasteiger partial charge in [-0.1, -0.05) is 35.3 Å². The summed E-state index contributed by atoms with van der Waals surface area (Å²) in [6.45, 7) is 1.16. The molecule has 20 heteroatoms. The van der Waals surface area contributed by atoms with E-state index < -0.39 is 56.8 Å². The van der Waals surface area contributed by atoms with Crippen LogP contribution in [0.5, 0.6) is 11.5 Å². The van der Waals surface area contributed by atoms with E-state index in [1.165, 1.54) is 41.4 Å². The standard InChI is InChI=1S/C45H51Cl2FN8O8S/c1-29(49-24-37-38(48)21-33(47)22-41(37)64-35-15-9-31(10-16-35)40-25-50-42(53(40)4)26-52(2)3)43(58)51-39(27-57)44(59)54(5)45(23-30-7-11-32(46)12-8-30)19-6-20-55(28-45)65(62,63)36-17-13-34(14-18-36)56(60)61/h7-18,21-22,25,29,39,49,57H,6,19-20,23-24,26-28H2,1-5H3,(H,51,58). The molecule has 1 saturated heterocycles. The van der Waals surface area contributed by atoms with Crippen LogP contribution in [-0.2, 0) is 46.2 Å². The Labute approximate surface area is 387 Å². The number of non-ortho nitro benzene ring substituents is 1. The molecule has 2 amide bonds. The number of hydrogen-bond acceptors (Lipinski definition) is 11. The van der Waals surface area contributed by atoms with Gasteiger partial charge in [0, 0.05) is 67.0 Å². The SMILES string of the molecule is CC(NCc1c(F)cc(Cl)cc1Oc1ccc(-c2cnc(CN(C)C)n2C)cc1)C(=O)NC(CO)C(=O)N(C)C1(Cc2ccc(Cl)cc2)CCCN(S(=O)(=O)c2ccc([N+](=O)[O-])cc2)C1. The molecule has 0 aliphatic carbocycles. The number of nitrogens with one attached hydrogen (secondary N) is 2. The summed E-state index contributed by atoms with van der Waals surface area (Å²) in [5, 5.41) is 27.9. The second-order valence-electron chi connectivity index (χ2n) is 16.3. The van der Waals surface area contributed by atoms with Crippen molar-refractivity contribution in [2.45, 2.75) is 61.8 Å². The molecule has 5 aromatic rings. The molecule has 1 aromatic heterocycles. The lowest BCUT2D eigenvalue weighted by Gasteiger charge is -2.48. The number of nitrogens with zero attached hydrogens (tertiary/aromatic N) is 6. The van der Waals surface area contributed by atoms with Crippen molar-refractivity contribution in [2.24, 2.45) is 7.05 Å². The fraction of sp³-hybridized carbons (Fsp3) is 0.356. The van der Waals surface area contributed by atoms with Crippen LogP contribution in [-0.4, -0.2) is 112 Å². The predicted octanol–water partition coefficient (Wildman–Crippen LogP) is 6.17. The van der Waals surface area contributed by atoms with Crippen LogP contribution in [0.15, 0.2) is 96.0 Å². The third-order valence-electron chi connectivity index (χ3n) is 11.5. The van der Waals surface area contributed by atoms with Crippen LogP contribution in [0, 0.1) is 15.9 Å². The maximum Gasteiger partial charge on any atom is 0.269 e. The summed E-state index contributed by atoms with van der Waals surface area (Å²) in [4.78, 5) is 46.4. The van der Waals surface area contributed by atoms with E-state index in [-0.39, 0.29) is 53.0 Å². The minimum absolute atomic E-state index is 0.0854. The van der Waals surface area contributed by atoms with Gasteiger partial charge in [-0.25, -0.2) is 17.8 Å². The van der Waals surface area contributed by atoms with Crippen molar-refractivity contribution < 1.29 is 37.2 Å². The zero-order valence-electron chi connectivity index (χ0n) is 36.5. The fourth-order valence-electron chi connectivity index (χ4n) is 7.79. The second-order valence-corrected chi connectivity index (χ2v) is 19.1. The van der Waals surface area contributed by atoms with Crippen molar-refractivity contribution in [1.82, 2.24) is 34.3 Å². The molecule has 2 heterocycles. The smallest absolute Gasteiger partial charge is 0.269 e. The molecule has 0 spiro atoms. The Morgan fingerprint density at radius 2 is 1.71 bits per heavy atom. The number of ether oxygens (including phenoxy) is 1. The minimum Gasteiger partial charge on any atom is -0.457 e. The number of hydrogen-bond donors (Lipinski definition) is 3. The molecular formula is C45H51Cl2FN8O8S. The molecule has 1 aliphatic rings. The van der Waals surface area contributed by atoms with E-state index in [1.807, 2.05) is 42.7 Å². The number of nitro benzene ring substituents is 1. The summed E-state index contributed by atoms with van der Waals surface area (Å²) in [5.74, 6) is -0.620. The van der Waals surface area contributed by atoms with Gasteiger partial charge >= 0.3 is 0 Å². The lowest BCUT2D eigenvalue weighted by atomic mass is 9.82. The first kappa shape index (κ1) is 49.0. The number of amides is 2. The number of sulfonamides is 1. The van der Waals surface area contributed by atoms with E-state index in [0.717, 1.165) is 40.8 Å². The molecule has 0 saturated carbocycles. The minimum atomic E-state index is -4.18. The van der Waals surface area contributed by atoms with Crippen LogP contribution in [0.2, 0.25) is 10.0 Å². The molecule has 1 fully saturated rings. The van der Waals surface area contributed by atoms with Gasteiger partial charge in [0.25, 0.3) is 5.69 Å². The number of carbonyl (C=O) groups is 2. The Bertz CT molecular complexity index is 2620. The number of carbonyl (C=O) groups excluding carboxylic acids is 2. The predicted molar refractivity (Wildman–Crippen MR) is 245 cm³/mol. The normalized spacial score (nSPS) is 16.5. The Morgan fingerprint density at radius 1 is 1.03 bits per heavy atom. The summed E-state index contributed by atoms with van der Waals surface area (Å²) in [6.07, 6.45) is 2.69. The summed E-state index contributed by atoms with van der Waals surface area (Å²) >= 11 is 12.4. The molecule has 0 radical (unpaired) electrons. The monoisotopic (exact) mass is 952 g/mol. The number of imidazole rings is 1. The van der Waals surface area contributed by atoms with Crippen LogP contribution < -0.4 is 15.4 Å². The van der Waals surface area contributed by atoms with Gasteiger partial charge in [0.05, 0.1) is 46.4 Å². The molecule has 3 N–H and O–H groups in total. The molecular weight excluding hydrogens is 903 g/mol. The highest BCUT2D eigenvalue weighted by atomic mass is 35.5. The number of nitro groups is 1. The van der Waals surface area contributed by atoms with Gasteiger partial charge in [-0.2, -0.15) is 4.31 Å². The van der Waals surface area contributed by atoms with Gasteiger partial charge < -0.3 is 34.8 Å². The van der Waals surface area contributed by atoms with Gasteiger partial charge in [-0.05, 0) is 107 Å². The number of halogens is 3. The van der Waals surface area contributed by atoms with Gasteiger partial charge in [0.2, 0.25) is 21.8 Å². The number of aromatic nitrogens is 2. The third-order valence-corrected chi connectivity index (χ3v) is 13.8. The van der Waals surface area contributed by atoms with E-state index in [2.05, 4.69) is 15.6 Å². The van der Waals surface area contributed by atoms with Gasteiger partial charge in [-0.15, -0.1) is 0 Å². The largest absolute Gasteiger partial charge is 0.457 e. The average molecular weight is 954 g/mol. The lowest BCUT2D eigenvalue weighted by Crippen LogP contribution is -2.64. The number of aliphatic hydroxyl groups excluding tert-OH is 1. The maximum atomic E-state index is 15.5. The van der Waals surface area contributed by atoms with Crippen molar-refractivity contribution in [1.29, 1.82) is 0 Å². The number of likely N-dealkylation sites (N-methyl/N-ethyl adjacent to an activating group) is 1. The van der Waals surface area contributed by atoms with Gasteiger partial charge in [-0.3, -0.25) is 19.7 Å². The Morgan fingerprint density at radius 3 is 2.34 bits per heavy atom. The van der Waals surface area contributed by atoms with E-state index in [1.54, 1.807) is 42.6 Å². The number of piperidine rings is 1. The van der Waals surface area contributed by atoms with Crippen LogP contribution in [0.4, 0.5) is 10.1 Å². The van der Waals surface area contributed by atoms with Crippen molar-refractivity contribution in [3.8, 4) is 22.8 Å². The first-order valence-electron chi connectivity index (χ1n) is 20.6. The number of rotatable bonds is 18. The molecule has 65 heavy (non-hydrogen) atoms. The van der Waals surface area contributed by atoms with Crippen molar-refractivity contribution in [3.05, 3.63) is 134 Å². The first-order chi connectivity index (χ1) is 30.8. The zero-order valence-corrected chi connectivity index (χ0v) is 38.8. The maximum absolute atomic E-state index is 15.5. The topological polar surface area (TPSA) is 192 Å². The lowest BCUT2D eigenvalue weighted by molar-refractivity contribution is -0.384. The van der Waals surface area contributed by atoms with E-state index >= 15 is 4.39 Å². The zero-order chi connectivity index (χ0) is 47.2. The van der Waals surface area contributed by atoms with Crippen molar-refractivity contribution >= 4 is 50.7 Å². The van der Waals surface area contributed by atoms with E-state index in [9.17, 15) is 33.2 Å². The van der Waals surface area contributed by atoms with Gasteiger partial charge in [0.15, 0.2) is 0 Å². The Kier molecular flexibility index (Phi) is 15.7. The van der Waals surface area contributed by atoms with E-state index in [0.29, 0.717) is 30.2 Å². The third kappa shape index (κ3) is 11.5. The van der Waals surface area contributed by atoms with Crippen LogP contribution >= 0.6 is 23.2 Å². The number of benzene rings is 4. The molecule has 0 bridgehead atoms. The molecule has 346 valence electrons.